The number of aromatic nitrogens is 2. The Morgan fingerprint density at radius 1 is 1.67 bits per heavy atom. The van der Waals surface area contributed by atoms with Gasteiger partial charge in [0.2, 0.25) is 5.91 Å². The SMILES string of the molecule is Cl.Cn1ccnc1C1NC(=O)CCC1N. The second kappa shape index (κ2) is 4.63. The van der Waals surface area contributed by atoms with Gasteiger partial charge >= 0.3 is 0 Å². The molecule has 1 aromatic heterocycles. The van der Waals surface area contributed by atoms with Gasteiger partial charge in [-0.3, -0.25) is 4.79 Å². The summed E-state index contributed by atoms with van der Waals surface area (Å²) in [6.07, 6.45) is 4.80. The highest BCUT2D eigenvalue weighted by atomic mass is 35.5. The van der Waals surface area contributed by atoms with Crippen molar-refractivity contribution in [2.45, 2.75) is 24.9 Å². The minimum absolute atomic E-state index is 0. The second-order valence-corrected chi connectivity index (χ2v) is 3.64. The number of carbonyl (C=O) groups excluding carboxylic acids is 1. The van der Waals surface area contributed by atoms with Crippen molar-refractivity contribution in [2.24, 2.45) is 12.8 Å². The van der Waals surface area contributed by atoms with E-state index in [2.05, 4.69) is 10.3 Å². The Morgan fingerprint density at radius 2 is 2.40 bits per heavy atom. The molecule has 0 radical (unpaired) electrons. The van der Waals surface area contributed by atoms with Crippen LogP contribution in [0.4, 0.5) is 0 Å². The Balaban J connectivity index is 0.00000112. The van der Waals surface area contributed by atoms with E-state index in [9.17, 15) is 4.79 Å². The van der Waals surface area contributed by atoms with Crippen LogP contribution in [0.2, 0.25) is 0 Å². The first-order valence-electron chi connectivity index (χ1n) is 4.70. The first kappa shape index (κ1) is 12.0. The average Bonchev–Trinajstić information content (AvgIpc) is 2.56. The Kier molecular flexibility index (Phi) is 3.71. The standard InChI is InChI=1S/C9H14N4O.ClH/c1-13-5-4-11-9(13)8-6(10)2-3-7(14)12-8;/h4-6,8H,2-3,10H2,1H3,(H,12,14);1H. The molecule has 1 amide bonds. The summed E-state index contributed by atoms with van der Waals surface area (Å²) in [7, 11) is 1.90. The quantitative estimate of drug-likeness (QED) is 0.720. The van der Waals surface area contributed by atoms with Gasteiger partial charge in [-0.2, -0.15) is 0 Å². The summed E-state index contributed by atoms with van der Waals surface area (Å²) < 4.78 is 1.89. The van der Waals surface area contributed by atoms with E-state index < -0.39 is 0 Å². The number of carbonyl (C=O) groups is 1. The number of hydrogen-bond donors (Lipinski definition) is 2. The number of aryl methyl sites for hydroxylation is 1. The molecule has 2 atom stereocenters. The molecule has 0 saturated carbocycles. The highest BCUT2D eigenvalue weighted by Gasteiger charge is 2.29. The van der Waals surface area contributed by atoms with E-state index in [4.69, 9.17) is 5.73 Å². The van der Waals surface area contributed by atoms with E-state index in [-0.39, 0.29) is 30.4 Å². The molecule has 1 aliphatic heterocycles. The third-order valence-electron chi connectivity index (χ3n) is 2.59. The van der Waals surface area contributed by atoms with E-state index in [0.717, 1.165) is 12.2 Å². The van der Waals surface area contributed by atoms with Crippen LogP contribution in [0.3, 0.4) is 0 Å². The number of nitrogens with two attached hydrogens (primary N) is 1. The van der Waals surface area contributed by atoms with Crippen LogP contribution in [0.5, 0.6) is 0 Å². The lowest BCUT2D eigenvalue weighted by Crippen LogP contribution is -2.46. The number of nitrogens with zero attached hydrogens (tertiary/aromatic N) is 2. The van der Waals surface area contributed by atoms with Crippen LogP contribution in [0.25, 0.3) is 0 Å². The largest absolute Gasteiger partial charge is 0.345 e. The van der Waals surface area contributed by atoms with Crippen molar-refractivity contribution in [1.82, 2.24) is 14.9 Å². The Morgan fingerprint density at radius 3 is 3.00 bits per heavy atom. The molecule has 0 aliphatic carbocycles. The van der Waals surface area contributed by atoms with Crippen molar-refractivity contribution in [3.8, 4) is 0 Å². The zero-order valence-electron chi connectivity index (χ0n) is 8.51. The summed E-state index contributed by atoms with van der Waals surface area (Å²) in [4.78, 5) is 15.4. The van der Waals surface area contributed by atoms with Crippen molar-refractivity contribution >= 4 is 18.3 Å². The highest BCUT2D eigenvalue weighted by Crippen LogP contribution is 2.20. The first-order valence-corrected chi connectivity index (χ1v) is 4.70. The van der Waals surface area contributed by atoms with Crippen molar-refractivity contribution in [2.75, 3.05) is 0 Å². The molecular weight excluding hydrogens is 216 g/mol. The molecule has 15 heavy (non-hydrogen) atoms. The number of imidazole rings is 1. The van der Waals surface area contributed by atoms with Crippen LogP contribution in [-0.4, -0.2) is 21.5 Å². The maximum Gasteiger partial charge on any atom is 0.220 e. The van der Waals surface area contributed by atoms with Crippen LogP contribution in [0.1, 0.15) is 24.7 Å². The lowest BCUT2D eigenvalue weighted by Gasteiger charge is -2.28. The Hall–Kier alpha value is -1.07. The molecule has 84 valence electrons. The molecule has 0 aromatic carbocycles. The molecule has 5 nitrogen and oxygen atoms in total. The van der Waals surface area contributed by atoms with Gasteiger partial charge in [0.25, 0.3) is 0 Å². The van der Waals surface area contributed by atoms with Crippen molar-refractivity contribution in [3.05, 3.63) is 18.2 Å². The summed E-state index contributed by atoms with van der Waals surface area (Å²) in [5, 5.41) is 2.86. The van der Waals surface area contributed by atoms with Crippen LogP contribution < -0.4 is 11.1 Å². The second-order valence-electron chi connectivity index (χ2n) is 3.64. The summed E-state index contributed by atoms with van der Waals surface area (Å²) in [6, 6.07) is -0.176. The molecule has 0 bridgehead atoms. The minimum atomic E-state index is -0.142. The zero-order chi connectivity index (χ0) is 10.1. The predicted molar refractivity (Wildman–Crippen MR) is 58.5 cm³/mol. The molecule has 1 aliphatic rings. The van der Waals surface area contributed by atoms with E-state index in [1.165, 1.54) is 0 Å². The smallest absolute Gasteiger partial charge is 0.220 e. The molecule has 0 spiro atoms. The fraction of sp³-hybridized carbons (Fsp3) is 0.556. The third-order valence-corrected chi connectivity index (χ3v) is 2.59. The van der Waals surface area contributed by atoms with Gasteiger partial charge in [-0.05, 0) is 6.42 Å². The van der Waals surface area contributed by atoms with E-state index in [1.807, 2.05) is 17.8 Å². The molecular formula is C9H15ClN4O. The van der Waals surface area contributed by atoms with Gasteiger partial charge in [-0.25, -0.2) is 4.98 Å². The Bertz CT molecular complexity index is 352. The maximum atomic E-state index is 11.2. The van der Waals surface area contributed by atoms with E-state index in [1.54, 1.807) is 6.20 Å². The monoisotopic (exact) mass is 230 g/mol. The van der Waals surface area contributed by atoms with Crippen molar-refractivity contribution in [1.29, 1.82) is 0 Å². The van der Waals surface area contributed by atoms with Crippen molar-refractivity contribution < 1.29 is 4.79 Å². The number of nitrogens with one attached hydrogen (secondary N) is 1. The van der Waals surface area contributed by atoms with Gasteiger partial charge in [0.15, 0.2) is 0 Å². The van der Waals surface area contributed by atoms with Gasteiger partial charge in [-0.15, -0.1) is 12.4 Å². The van der Waals surface area contributed by atoms with Crippen molar-refractivity contribution in [3.63, 3.8) is 0 Å². The van der Waals surface area contributed by atoms with E-state index >= 15 is 0 Å². The van der Waals surface area contributed by atoms with Crippen LogP contribution in [-0.2, 0) is 11.8 Å². The molecule has 2 unspecified atom stereocenters. The zero-order valence-corrected chi connectivity index (χ0v) is 9.33. The van der Waals surface area contributed by atoms with Gasteiger partial charge in [-0.1, -0.05) is 0 Å². The molecule has 2 rings (SSSR count). The topological polar surface area (TPSA) is 72.9 Å². The van der Waals surface area contributed by atoms with Gasteiger partial charge < -0.3 is 15.6 Å². The summed E-state index contributed by atoms with van der Waals surface area (Å²) in [6.45, 7) is 0. The number of hydrogen-bond acceptors (Lipinski definition) is 3. The summed E-state index contributed by atoms with van der Waals surface area (Å²) >= 11 is 0. The van der Waals surface area contributed by atoms with Gasteiger partial charge in [0.05, 0.1) is 0 Å². The normalized spacial score (nSPS) is 25.6. The van der Waals surface area contributed by atoms with Gasteiger partial charge in [0, 0.05) is 31.9 Å². The maximum absolute atomic E-state index is 11.2. The highest BCUT2D eigenvalue weighted by molar-refractivity contribution is 5.85. The summed E-state index contributed by atoms with van der Waals surface area (Å²) in [5.41, 5.74) is 5.93. The molecule has 1 saturated heterocycles. The fourth-order valence-corrected chi connectivity index (χ4v) is 1.75. The molecule has 3 N–H and O–H groups in total. The molecule has 6 heteroatoms. The molecule has 1 fully saturated rings. The minimum Gasteiger partial charge on any atom is -0.345 e. The average molecular weight is 231 g/mol. The number of amides is 1. The lowest BCUT2D eigenvalue weighted by molar-refractivity contribution is -0.123. The number of piperidine rings is 1. The fourth-order valence-electron chi connectivity index (χ4n) is 1.75. The third kappa shape index (κ3) is 2.30. The number of halogens is 1. The van der Waals surface area contributed by atoms with Gasteiger partial charge in [0.1, 0.15) is 11.9 Å². The summed E-state index contributed by atoms with van der Waals surface area (Å²) in [5.74, 6) is 0.880. The molecule has 2 heterocycles. The van der Waals surface area contributed by atoms with Crippen LogP contribution in [0, 0.1) is 0 Å². The lowest BCUT2D eigenvalue weighted by atomic mass is 9.98. The van der Waals surface area contributed by atoms with Crippen LogP contribution >= 0.6 is 12.4 Å². The Labute approximate surface area is 94.5 Å². The van der Waals surface area contributed by atoms with E-state index in [0.29, 0.717) is 6.42 Å². The first-order chi connectivity index (χ1) is 6.68. The van der Waals surface area contributed by atoms with Crippen LogP contribution in [0.15, 0.2) is 12.4 Å². The predicted octanol–water partition coefficient (Wildman–Crippen LogP) is 0.120. The molecule has 1 aromatic rings. The number of rotatable bonds is 1.